The number of carboxylic acid groups (broad SMARTS) is 1. The van der Waals surface area contributed by atoms with Crippen molar-refractivity contribution < 1.29 is 23.8 Å². The van der Waals surface area contributed by atoms with Crippen LogP contribution >= 0.6 is 0 Å². The molecule has 2 rings (SSSR count). The summed E-state index contributed by atoms with van der Waals surface area (Å²) in [6, 6.07) is 12.8. The van der Waals surface area contributed by atoms with Gasteiger partial charge in [-0.1, -0.05) is 30.3 Å². The quantitative estimate of drug-likeness (QED) is 0.888. The number of methoxy groups -OCH3 is 1. The number of benzene rings is 2. The molecule has 0 aromatic heterocycles. The van der Waals surface area contributed by atoms with E-state index >= 15 is 0 Å². The Balaban J connectivity index is 2.20. The van der Waals surface area contributed by atoms with Crippen molar-refractivity contribution in [3.8, 4) is 11.5 Å². The van der Waals surface area contributed by atoms with Crippen LogP contribution in [-0.2, 0) is 11.2 Å². The van der Waals surface area contributed by atoms with Gasteiger partial charge < -0.3 is 14.6 Å². The Morgan fingerprint density at radius 1 is 1.14 bits per heavy atom. The van der Waals surface area contributed by atoms with E-state index in [1.165, 1.54) is 19.2 Å². The molecule has 0 spiro atoms. The Bertz CT molecular complexity index is 627. The van der Waals surface area contributed by atoms with Crippen LogP contribution in [-0.4, -0.2) is 24.3 Å². The number of carbonyl (C=O) groups is 1. The second-order valence-electron chi connectivity index (χ2n) is 4.39. The van der Waals surface area contributed by atoms with Gasteiger partial charge in [-0.3, -0.25) is 0 Å². The zero-order valence-corrected chi connectivity index (χ0v) is 11.5. The average molecular weight is 290 g/mol. The molecule has 0 amide bonds. The van der Waals surface area contributed by atoms with Gasteiger partial charge in [0, 0.05) is 6.42 Å². The maximum absolute atomic E-state index is 13.6. The molecule has 0 aliphatic heterocycles. The molecule has 21 heavy (non-hydrogen) atoms. The molecule has 0 aliphatic carbocycles. The van der Waals surface area contributed by atoms with Crippen molar-refractivity contribution in [2.24, 2.45) is 0 Å². The number of carboxylic acids is 1. The normalized spacial score (nSPS) is 11.7. The smallest absolute Gasteiger partial charge is 0.345 e. The van der Waals surface area contributed by atoms with Gasteiger partial charge in [-0.05, 0) is 23.8 Å². The summed E-state index contributed by atoms with van der Waals surface area (Å²) in [7, 11) is 1.47. The molecule has 1 N–H and O–H groups in total. The van der Waals surface area contributed by atoms with Crippen LogP contribution in [0.3, 0.4) is 0 Å². The van der Waals surface area contributed by atoms with Gasteiger partial charge in [0.25, 0.3) is 0 Å². The van der Waals surface area contributed by atoms with Crippen LogP contribution in [0.1, 0.15) is 5.56 Å². The lowest BCUT2D eigenvalue weighted by Gasteiger charge is -2.17. The molecule has 0 unspecified atom stereocenters. The van der Waals surface area contributed by atoms with E-state index in [-0.39, 0.29) is 6.42 Å². The third-order valence-electron chi connectivity index (χ3n) is 2.98. The molecule has 0 saturated heterocycles. The number of para-hydroxylation sites is 2. The molecule has 2 aromatic carbocycles. The van der Waals surface area contributed by atoms with Crippen molar-refractivity contribution in [3.05, 3.63) is 59.9 Å². The molecule has 0 bridgehead atoms. The van der Waals surface area contributed by atoms with Crippen molar-refractivity contribution in [3.63, 3.8) is 0 Å². The highest BCUT2D eigenvalue weighted by Crippen LogP contribution is 2.27. The van der Waals surface area contributed by atoms with Gasteiger partial charge in [-0.2, -0.15) is 0 Å². The fourth-order valence-electron chi connectivity index (χ4n) is 1.91. The van der Waals surface area contributed by atoms with Gasteiger partial charge in [-0.15, -0.1) is 0 Å². The zero-order chi connectivity index (χ0) is 15.2. The van der Waals surface area contributed by atoms with Crippen LogP contribution in [0.15, 0.2) is 48.5 Å². The Morgan fingerprint density at radius 3 is 2.38 bits per heavy atom. The summed E-state index contributed by atoms with van der Waals surface area (Å²) in [5, 5.41) is 9.26. The lowest BCUT2D eigenvalue weighted by Crippen LogP contribution is -2.29. The first-order valence-corrected chi connectivity index (χ1v) is 6.37. The van der Waals surface area contributed by atoms with Crippen molar-refractivity contribution in [2.75, 3.05) is 7.11 Å². The summed E-state index contributed by atoms with van der Waals surface area (Å²) < 4.78 is 24.2. The van der Waals surface area contributed by atoms with Gasteiger partial charge >= 0.3 is 5.97 Å². The highest BCUT2D eigenvalue weighted by atomic mass is 19.1. The van der Waals surface area contributed by atoms with E-state index in [4.69, 9.17) is 9.47 Å². The SMILES string of the molecule is COc1ccccc1O[C@@H](Cc1ccccc1F)C(=O)O. The van der Waals surface area contributed by atoms with Crippen LogP contribution in [0, 0.1) is 5.82 Å². The van der Waals surface area contributed by atoms with E-state index in [9.17, 15) is 14.3 Å². The fourth-order valence-corrected chi connectivity index (χ4v) is 1.91. The molecule has 0 fully saturated rings. The topological polar surface area (TPSA) is 55.8 Å². The summed E-state index contributed by atoms with van der Waals surface area (Å²) in [4.78, 5) is 11.3. The third-order valence-corrected chi connectivity index (χ3v) is 2.98. The molecule has 5 heteroatoms. The van der Waals surface area contributed by atoms with E-state index in [2.05, 4.69) is 0 Å². The van der Waals surface area contributed by atoms with E-state index in [0.717, 1.165) is 0 Å². The number of hydrogen-bond acceptors (Lipinski definition) is 3. The van der Waals surface area contributed by atoms with Gasteiger partial charge in [0.15, 0.2) is 17.6 Å². The number of aliphatic carboxylic acids is 1. The summed E-state index contributed by atoms with van der Waals surface area (Å²) in [5.41, 5.74) is 0.291. The number of hydrogen-bond donors (Lipinski definition) is 1. The van der Waals surface area contributed by atoms with Crippen LogP contribution in [0.5, 0.6) is 11.5 Å². The molecular weight excluding hydrogens is 275 g/mol. The monoisotopic (exact) mass is 290 g/mol. The van der Waals surface area contributed by atoms with Crippen LogP contribution < -0.4 is 9.47 Å². The summed E-state index contributed by atoms with van der Waals surface area (Å²) in [6.45, 7) is 0. The largest absolute Gasteiger partial charge is 0.493 e. The van der Waals surface area contributed by atoms with Gasteiger partial charge in [0.05, 0.1) is 7.11 Å². The maximum Gasteiger partial charge on any atom is 0.345 e. The molecule has 0 heterocycles. The average Bonchev–Trinajstić information content (AvgIpc) is 2.49. The predicted molar refractivity (Wildman–Crippen MR) is 75.1 cm³/mol. The maximum atomic E-state index is 13.6. The molecule has 0 radical (unpaired) electrons. The lowest BCUT2D eigenvalue weighted by molar-refractivity contribution is -0.145. The van der Waals surface area contributed by atoms with E-state index in [0.29, 0.717) is 17.1 Å². The zero-order valence-electron chi connectivity index (χ0n) is 11.5. The number of ether oxygens (including phenoxy) is 2. The van der Waals surface area contributed by atoms with Crippen LogP contribution in [0.2, 0.25) is 0 Å². The minimum absolute atomic E-state index is 0.0694. The summed E-state index contributed by atoms with van der Waals surface area (Å²) in [5.74, 6) is -0.877. The second kappa shape index (κ2) is 6.74. The first-order chi connectivity index (χ1) is 10.1. The molecule has 1 atom stereocenters. The first-order valence-electron chi connectivity index (χ1n) is 6.37. The summed E-state index contributed by atoms with van der Waals surface area (Å²) >= 11 is 0. The van der Waals surface area contributed by atoms with E-state index in [1.807, 2.05) is 0 Å². The van der Waals surface area contributed by atoms with Crippen molar-refractivity contribution in [1.29, 1.82) is 0 Å². The molecule has 0 saturated carbocycles. The van der Waals surface area contributed by atoms with E-state index in [1.54, 1.807) is 36.4 Å². The molecule has 2 aromatic rings. The Morgan fingerprint density at radius 2 is 1.76 bits per heavy atom. The van der Waals surface area contributed by atoms with Crippen molar-refractivity contribution >= 4 is 5.97 Å². The predicted octanol–water partition coefficient (Wildman–Crippen LogP) is 2.91. The minimum atomic E-state index is -1.20. The van der Waals surface area contributed by atoms with Gasteiger partial charge in [0.2, 0.25) is 0 Å². The molecule has 0 aliphatic rings. The van der Waals surface area contributed by atoms with E-state index < -0.39 is 17.9 Å². The second-order valence-corrected chi connectivity index (χ2v) is 4.39. The minimum Gasteiger partial charge on any atom is -0.493 e. The molecule has 110 valence electrons. The highest BCUT2D eigenvalue weighted by Gasteiger charge is 2.22. The lowest BCUT2D eigenvalue weighted by atomic mass is 10.1. The summed E-state index contributed by atoms with van der Waals surface area (Å²) in [6.07, 6.45) is -1.27. The number of rotatable bonds is 6. The van der Waals surface area contributed by atoms with Gasteiger partial charge in [-0.25, -0.2) is 9.18 Å². The van der Waals surface area contributed by atoms with Gasteiger partial charge in [0.1, 0.15) is 5.82 Å². The van der Waals surface area contributed by atoms with Crippen LogP contribution in [0.25, 0.3) is 0 Å². The standard InChI is InChI=1S/C16H15FO4/c1-20-13-8-4-5-9-14(13)21-15(16(18)19)10-11-6-2-3-7-12(11)17/h2-9,15H,10H2,1H3,(H,18,19)/t15-/m0/s1. The number of halogens is 1. The Hall–Kier alpha value is -2.56. The molecular formula is C16H15FO4. The molecule has 4 nitrogen and oxygen atoms in total. The highest BCUT2D eigenvalue weighted by molar-refractivity contribution is 5.73. The fraction of sp³-hybridized carbons (Fsp3) is 0.188. The Labute approximate surface area is 121 Å². The van der Waals surface area contributed by atoms with Crippen molar-refractivity contribution in [1.82, 2.24) is 0 Å². The third kappa shape index (κ3) is 3.72. The van der Waals surface area contributed by atoms with Crippen molar-refractivity contribution in [2.45, 2.75) is 12.5 Å². The van der Waals surface area contributed by atoms with Crippen LogP contribution in [0.4, 0.5) is 4.39 Å². The Kier molecular flexibility index (Phi) is 4.77. The first kappa shape index (κ1) is 14.8.